The van der Waals surface area contributed by atoms with E-state index < -0.39 is 9.84 Å². The summed E-state index contributed by atoms with van der Waals surface area (Å²) < 4.78 is 34.9. The summed E-state index contributed by atoms with van der Waals surface area (Å²) in [4.78, 5) is 16.8. The lowest BCUT2D eigenvalue weighted by Gasteiger charge is -2.43. The van der Waals surface area contributed by atoms with Gasteiger partial charge < -0.3 is 14.1 Å². The first-order chi connectivity index (χ1) is 11.3. The van der Waals surface area contributed by atoms with Gasteiger partial charge in [0, 0.05) is 32.8 Å². The standard InChI is InChI=1S/C16H24N2O5S/c1-11-8-13(12(2)23-11)16(19)18-5-4-17(6-7-22-3)14-9-24(20,21)10-15(14)18/h8,14-15H,4-7,9-10H2,1-3H3/t14-,15+/m0/s1. The molecule has 0 spiro atoms. The number of hydrogen-bond donors (Lipinski definition) is 0. The van der Waals surface area contributed by atoms with Gasteiger partial charge in [-0.1, -0.05) is 0 Å². The van der Waals surface area contributed by atoms with Crippen LogP contribution in [0.1, 0.15) is 21.9 Å². The average molecular weight is 356 g/mol. The zero-order valence-electron chi connectivity index (χ0n) is 14.3. The summed E-state index contributed by atoms with van der Waals surface area (Å²) in [5, 5.41) is 0. The van der Waals surface area contributed by atoms with E-state index in [4.69, 9.17) is 9.15 Å². The largest absolute Gasteiger partial charge is 0.466 e. The SMILES string of the molecule is COCCN1CCN(C(=O)c2cc(C)oc2C)[C@@H]2CS(=O)(=O)C[C@@H]21. The summed E-state index contributed by atoms with van der Waals surface area (Å²) in [7, 11) is -1.51. The minimum Gasteiger partial charge on any atom is -0.466 e. The molecule has 2 fully saturated rings. The Morgan fingerprint density at radius 1 is 1.29 bits per heavy atom. The van der Waals surface area contributed by atoms with E-state index in [1.165, 1.54) is 0 Å². The van der Waals surface area contributed by atoms with Crippen LogP contribution >= 0.6 is 0 Å². The molecule has 2 aliphatic rings. The third-order valence-electron chi connectivity index (χ3n) is 4.91. The van der Waals surface area contributed by atoms with Crippen LogP contribution in [0.4, 0.5) is 0 Å². The number of ether oxygens (including phenoxy) is 1. The molecule has 1 aromatic heterocycles. The molecule has 0 unspecified atom stereocenters. The molecule has 2 saturated heterocycles. The van der Waals surface area contributed by atoms with Crippen molar-refractivity contribution in [3.8, 4) is 0 Å². The molecule has 2 aliphatic heterocycles. The minimum absolute atomic E-state index is 0.0305. The fourth-order valence-electron chi connectivity index (χ4n) is 3.76. The van der Waals surface area contributed by atoms with Crippen molar-refractivity contribution in [2.75, 3.05) is 44.9 Å². The first-order valence-corrected chi connectivity index (χ1v) is 9.96. The highest BCUT2D eigenvalue weighted by Crippen LogP contribution is 2.29. The molecule has 24 heavy (non-hydrogen) atoms. The Bertz CT molecular complexity index is 727. The second kappa shape index (κ2) is 6.50. The highest BCUT2D eigenvalue weighted by atomic mass is 32.2. The average Bonchev–Trinajstić information content (AvgIpc) is 3.01. The lowest BCUT2D eigenvalue weighted by atomic mass is 10.0. The van der Waals surface area contributed by atoms with E-state index in [0.29, 0.717) is 43.3 Å². The van der Waals surface area contributed by atoms with Gasteiger partial charge in [-0.05, 0) is 19.9 Å². The molecule has 2 atom stereocenters. The number of carbonyl (C=O) groups excluding carboxylic acids is 1. The predicted octanol–water partition coefficient (Wildman–Crippen LogP) is 0.466. The van der Waals surface area contributed by atoms with Gasteiger partial charge in [-0.3, -0.25) is 9.69 Å². The van der Waals surface area contributed by atoms with Crippen molar-refractivity contribution < 1.29 is 22.4 Å². The smallest absolute Gasteiger partial charge is 0.257 e. The van der Waals surface area contributed by atoms with Crippen molar-refractivity contribution in [3.05, 3.63) is 23.2 Å². The molecular weight excluding hydrogens is 332 g/mol. The summed E-state index contributed by atoms with van der Waals surface area (Å²) in [6.07, 6.45) is 0. The van der Waals surface area contributed by atoms with Gasteiger partial charge in [-0.2, -0.15) is 0 Å². The van der Waals surface area contributed by atoms with E-state index in [1.54, 1.807) is 31.9 Å². The molecule has 0 N–H and O–H groups in total. The minimum atomic E-state index is -3.14. The molecule has 3 rings (SSSR count). The molecule has 0 radical (unpaired) electrons. The molecule has 1 amide bonds. The van der Waals surface area contributed by atoms with Gasteiger partial charge in [0.25, 0.3) is 5.91 Å². The van der Waals surface area contributed by atoms with Gasteiger partial charge in [0.15, 0.2) is 9.84 Å². The Morgan fingerprint density at radius 3 is 2.62 bits per heavy atom. The van der Waals surface area contributed by atoms with Crippen molar-refractivity contribution in [2.24, 2.45) is 0 Å². The zero-order valence-corrected chi connectivity index (χ0v) is 15.1. The van der Waals surface area contributed by atoms with E-state index in [1.807, 2.05) is 0 Å². The van der Waals surface area contributed by atoms with E-state index in [0.717, 1.165) is 0 Å². The van der Waals surface area contributed by atoms with Crippen molar-refractivity contribution in [3.63, 3.8) is 0 Å². The first-order valence-electron chi connectivity index (χ1n) is 8.14. The van der Waals surface area contributed by atoms with Crippen LogP contribution in [0.25, 0.3) is 0 Å². The normalized spacial score (nSPS) is 26.5. The molecular formula is C16H24N2O5S. The summed E-state index contributed by atoms with van der Waals surface area (Å²) in [5.41, 5.74) is 0.529. The number of methoxy groups -OCH3 is 1. The molecule has 7 nitrogen and oxygen atoms in total. The molecule has 0 aromatic carbocycles. The number of furan rings is 1. The van der Waals surface area contributed by atoms with Crippen LogP contribution in [0.15, 0.2) is 10.5 Å². The number of nitrogens with zero attached hydrogens (tertiary/aromatic N) is 2. The topological polar surface area (TPSA) is 80.1 Å². The van der Waals surface area contributed by atoms with Crippen LogP contribution in [0.5, 0.6) is 0 Å². The van der Waals surface area contributed by atoms with Crippen LogP contribution in [0.2, 0.25) is 0 Å². The third kappa shape index (κ3) is 3.22. The number of amides is 1. The molecule has 0 bridgehead atoms. The monoisotopic (exact) mass is 356 g/mol. The number of aryl methyl sites for hydroxylation is 2. The third-order valence-corrected chi connectivity index (χ3v) is 6.60. The number of fused-ring (bicyclic) bond motifs is 1. The van der Waals surface area contributed by atoms with Crippen LogP contribution in [-0.4, -0.2) is 81.1 Å². The summed E-state index contributed by atoms with van der Waals surface area (Å²) in [5.74, 6) is 1.27. The molecule has 0 saturated carbocycles. The van der Waals surface area contributed by atoms with Gasteiger partial charge in [0.2, 0.25) is 0 Å². The van der Waals surface area contributed by atoms with Crippen molar-refractivity contribution in [1.82, 2.24) is 9.80 Å². The fraction of sp³-hybridized carbons (Fsp3) is 0.688. The van der Waals surface area contributed by atoms with Crippen LogP contribution in [0.3, 0.4) is 0 Å². The number of piperazine rings is 1. The van der Waals surface area contributed by atoms with Crippen molar-refractivity contribution in [2.45, 2.75) is 25.9 Å². The zero-order chi connectivity index (χ0) is 17.5. The highest BCUT2D eigenvalue weighted by Gasteiger charge is 2.48. The maximum atomic E-state index is 12.9. The van der Waals surface area contributed by atoms with Gasteiger partial charge in [-0.25, -0.2) is 8.42 Å². The molecule has 134 valence electrons. The number of sulfone groups is 1. The number of rotatable bonds is 4. The second-order valence-electron chi connectivity index (χ2n) is 6.57. The molecule has 8 heteroatoms. The second-order valence-corrected chi connectivity index (χ2v) is 8.72. The van der Waals surface area contributed by atoms with E-state index in [9.17, 15) is 13.2 Å². The van der Waals surface area contributed by atoms with Gasteiger partial charge in [-0.15, -0.1) is 0 Å². The predicted molar refractivity (Wildman–Crippen MR) is 88.9 cm³/mol. The Morgan fingerprint density at radius 2 is 2.00 bits per heavy atom. The van der Waals surface area contributed by atoms with Crippen molar-refractivity contribution in [1.29, 1.82) is 0 Å². The van der Waals surface area contributed by atoms with E-state index >= 15 is 0 Å². The lowest BCUT2D eigenvalue weighted by molar-refractivity contribution is 0.0246. The highest BCUT2D eigenvalue weighted by molar-refractivity contribution is 7.91. The Kier molecular flexibility index (Phi) is 4.72. The Labute approximate surface area is 142 Å². The number of hydrogen-bond acceptors (Lipinski definition) is 6. The lowest BCUT2D eigenvalue weighted by Crippen LogP contribution is -2.61. The summed E-state index contributed by atoms with van der Waals surface area (Å²) in [6.45, 7) is 5.97. The number of carbonyl (C=O) groups is 1. The summed E-state index contributed by atoms with van der Waals surface area (Å²) >= 11 is 0. The fourth-order valence-corrected chi connectivity index (χ4v) is 5.77. The van der Waals surface area contributed by atoms with Crippen LogP contribution in [0, 0.1) is 13.8 Å². The molecule has 1 aromatic rings. The Balaban J connectivity index is 1.85. The van der Waals surface area contributed by atoms with Gasteiger partial charge in [0.05, 0.1) is 29.7 Å². The first kappa shape index (κ1) is 17.4. The van der Waals surface area contributed by atoms with E-state index in [-0.39, 0.29) is 29.5 Å². The van der Waals surface area contributed by atoms with Crippen LogP contribution in [-0.2, 0) is 14.6 Å². The van der Waals surface area contributed by atoms with Gasteiger partial charge in [0.1, 0.15) is 11.5 Å². The maximum Gasteiger partial charge on any atom is 0.257 e. The van der Waals surface area contributed by atoms with E-state index in [2.05, 4.69) is 4.90 Å². The van der Waals surface area contributed by atoms with Crippen molar-refractivity contribution >= 4 is 15.7 Å². The van der Waals surface area contributed by atoms with Crippen LogP contribution < -0.4 is 0 Å². The van der Waals surface area contributed by atoms with Gasteiger partial charge >= 0.3 is 0 Å². The molecule has 0 aliphatic carbocycles. The quantitative estimate of drug-likeness (QED) is 0.780. The summed E-state index contributed by atoms with van der Waals surface area (Å²) in [6, 6.07) is 1.27. The Hall–Kier alpha value is -1.38. The molecule has 3 heterocycles. The maximum absolute atomic E-state index is 12.9.